The highest BCUT2D eigenvalue weighted by Crippen LogP contribution is 2.36. The minimum absolute atomic E-state index is 0.0704. The zero-order valence-electron chi connectivity index (χ0n) is 22.5. The first kappa shape index (κ1) is 26.7. The van der Waals surface area contributed by atoms with E-state index >= 15 is 0 Å². The van der Waals surface area contributed by atoms with Gasteiger partial charge in [0.15, 0.2) is 0 Å². The molecule has 1 aromatic carbocycles. The fourth-order valence-electron chi connectivity index (χ4n) is 5.49. The maximum absolute atomic E-state index is 12.5. The van der Waals surface area contributed by atoms with Gasteiger partial charge in [0.25, 0.3) is 5.56 Å². The summed E-state index contributed by atoms with van der Waals surface area (Å²) in [5, 5.41) is 3.41. The van der Waals surface area contributed by atoms with Crippen LogP contribution in [-0.2, 0) is 17.7 Å². The topological polar surface area (TPSA) is 65.0 Å². The number of ether oxygens (including phenoxy) is 3. The molecule has 4 rings (SSSR count). The maximum atomic E-state index is 12.5. The van der Waals surface area contributed by atoms with Crippen molar-refractivity contribution in [2.45, 2.75) is 71.1 Å². The quantitative estimate of drug-likeness (QED) is 0.535. The number of aromatic nitrogens is 1. The van der Waals surface area contributed by atoms with Crippen molar-refractivity contribution in [3.05, 3.63) is 45.9 Å². The van der Waals surface area contributed by atoms with E-state index in [1.807, 2.05) is 19.2 Å². The summed E-state index contributed by atoms with van der Waals surface area (Å²) in [5.41, 5.74) is 3.91. The first-order valence-electron chi connectivity index (χ1n) is 13.6. The number of nitrogens with zero attached hydrogens (tertiary/aromatic N) is 2. The Balaban J connectivity index is 1.43. The molecular weight excluding hydrogens is 454 g/mol. The predicted molar refractivity (Wildman–Crippen MR) is 144 cm³/mol. The lowest BCUT2D eigenvalue weighted by atomic mass is 9.99. The summed E-state index contributed by atoms with van der Waals surface area (Å²) in [6, 6.07) is 6.11. The lowest BCUT2D eigenvalue weighted by molar-refractivity contribution is -0.0529. The zero-order chi connectivity index (χ0) is 25.5. The number of methoxy groups -OCH3 is 2. The van der Waals surface area contributed by atoms with Crippen LogP contribution in [0.15, 0.2) is 29.2 Å². The number of rotatable bonds is 10. The van der Waals surface area contributed by atoms with Crippen LogP contribution in [0.25, 0.3) is 11.1 Å². The molecule has 0 aliphatic carbocycles. The van der Waals surface area contributed by atoms with Crippen LogP contribution in [0.3, 0.4) is 0 Å². The van der Waals surface area contributed by atoms with Gasteiger partial charge in [-0.05, 0) is 87.9 Å². The molecule has 7 heteroatoms. The summed E-state index contributed by atoms with van der Waals surface area (Å²) in [6.45, 7) is 9.92. The number of hydrogen-bond donors (Lipinski definition) is 1. The van der Waals surface area contributed by atoms with Crippen LogP contribution in [-0.4, -0.2) is 68.6 Å². The largest absolute Gasteiger partial charge is 0.496 e. The number of benzene rings is 1. The Morgan fingerprint density at radius 3 is 2.17 bits per heavy atom. The van der Waals surface area contributed by atoms with Crippen LogP contribution in [0.5, 0.6) is 11.5 Å². The highest BCUT2D eigenvalue weighted by atomic mass is 16.5. The molecule has 1 aromatic heterocycles. The summed E-state index contributed by atoms with van der Waals surface area (Å²) < 4.78 is 19.8. The molecule has 0 radical (unpaired) electrons. The molecule has 0 amide bonds. The number of nitrogens with one attached hydrogen (secondary N) is 1. The predicted octanol–water partition coefficient (Wildman–Crippen LogP) is 4.03. The van der Waals surface area contributed by atoms with E-state index in [0.717, 1.165) is 105 Å². The molecule has 7 nitrogen and oxygen atoms in total. The van der Waals surface area contributed by atoms with Gasteiger partial charge in [0, 0.05) is 43.5 Å². The molecule has 36 heavy (non-hydrogen) atoms. The van der Waals surface area contributed by atoms with Crippen molar-refractivity contribution in [2.75, 3.05) is 46.9 Å². The average molecular weight is 498 g/mol. The summed E-state index contributed by atoms with van der Waals surface area (Å²) in [5.74, 6) is 1.67. The molecule has 2 fully saturated rings. The Kier molecular flexibility index (Phi) is 9.46. The Labute approximate surface area is 215 Å². The Bertz CT molecular complexity index is 1030. The molecule has 2 aliphatic rings. The third-order valence-corrected chi connectivity index (χ3v) is 7.55. The van der Waals surface area contributed by atoms with Crippen molar-refractivity contribution in [3.8, 4) is 22.6 Å². The SMILES string of the molecule is CCCn1cc(-c2cc(OC)c(CCN3CCC(OC4CCNCC4)CC3)c(OC)c2)cc(C)c1=O. The number of hydrogen-bond acceptors (Lipinski definition) is 6. The van der Waals surface area contributed by atoms with Crippen LogP contribution in [0.4, 0.5) is 0 Å². The van der Waals surface area contributed by atoms with E-state index in [0.29, 0.717) is 18.8 Å². The van der Waals surface area contributed by atoms with Gasteiger partial charge >= 0.3 is 0 Å². The highest BCUT2D eigenvalue weighted by Gasteiger charge is 2.24. The van der Waals surface area contributed by atoms with Crippen LogP contribution in [0.1, 0.15) is 50.2 Å². The lowest BCUT2D eigenvalue weighted by Crippen LogP contribution is -2.41. The molecule has 0 atom stereocenters. The number of piperidine rings is 2. The van der Waals surface area contributed by atoms with Gasteiger partial charge in [-0.1, -0.05) is 6.92 Å². The molecule has 198 valence electrons. The maximum Gasteiger partial charge on any atom is 0.253 e. The van der Waals surface area contributed by atoms with E-state index < -0.39 is 0 Å². The van der Waals surface area contributed by atoms with Gasteiger partial charge in [-0.15, -0.1) is 0 Å². The molecule has 0 saturated carbocycles. The summed E-state index contributed by atoms with van der Waals surface area (Å²) in [7, 11) is 3.43. The molecule has 0 bridgehead atoms. The van der Waals surface area contributed by atoms with Crippen molar-refractivity contribution < 1.29 is 14.2 Å². The summed E-state index contributed by atoms with van der Waals surface area (Å²) in [4.78, 5) is 15.0. The zero-order valence-corrected chi connectivity index (χ0v) is 22.5. The van der Waals surface area contributed by atoms with Gasteiger partial charge in [-0.3, -0.25) is 4.79 Å². The monoisotopic (exact) mass is 497 g/mol. The van der Waals surface area contributed by atoms with E-state index in [-0.39, 0.29) is 5.56 Å². The third kappa shape index (κ3) is 6.50. The van der Waals surface area contributed by atoms with Gasteiger partial charge in [0.05, 0.1) is 26.4 Å². The van der Waals surface area contributed by atoms with Gasteiger partial charge < -0.3 is 29.0 Å². The van der Waals surface area contributed by atoms with Crippen molar-refractivity contribution in [1.82, 2.24) is 14.8 Å². The van der Waals surface area contributed by atoms with Crippen LogP contribution < -0.4 is 20.3 Å². The van der Waals surface area contributed by atoms with Gasteiger partial charge in [-0.2, -0.15) is 0 Å². The second-order valence-electron chi connectivity index (χ2n) is 10.1. The minimum atomic E-state index is 0.0704. The standard InChI is InChI=1S/C29H43N3O4/c1-5-13-32-20-23(17-21(2)29(32)33)22-18-27(34-3)26(28(19-22)35-4)10-16-31-14-8-25(9-15-31)36-24-6-11-30-12-7-24/h17-20,24-25,30H,5-16H2,1-4H3. The van der Waals surface area contributed by atoms with Crippen molar-refractivity contribution in [1.29, 1.82) is 0 Å². The molecule has 0 spiro atoms. The van der Waals surface area contributed by atoms with Crippen molar-refractivity contribution in [3.63, 3.8) is 0 Å². The number of aryl methyl sites for hydroxylation is 2. The molecule has 1 N–H and O–H groups in total. The second kappa shape index (κ2) is 12.7. The Hall–Kier alpha value is -2.35. The van der Waals surface area contributed by atoms with Crippen LogP contribution >= 0.6 is 0 Å². The molecule has 2 aliphatic heterocycles. The van der Waals surface area contributed by atoms with E-state index in [9.17, 15) is 4.79 Å². The number of pyridine rings is 1. The summed E-state index contributed by atoms with van der Waals surface area (Å²) >= 11 is 0. The van der Waals surface area contributed by atoms with Gasteiger partial charge in [0.1, 0.15) is 11.5 Å². The van der Waals surface area contributed by atoms with Crippen molar-refractivity contribution in [2.24, 2.45) is 0 Å². The third-order valence-electron chi connectivity index (χ3n) is 7.55. The number of likely N-dealkylation sites (tertiary alicyclic amines) is 1. The lowest BCUT2D eigenvalue weighted by Gasteiger charge is -2.35. The molecule has 2 aromatic rings. The Morgan fingerprint density at radius 1 is 0.917 bits per heavy atom. The first-order valence-corrected chi connectivity index (χ1v) is 13.6. The first-order chi connectivity index (χ1) is 17.5. The minimum Gasteiger partial charge on any atom is -0.496 e. The van der Waals surface area contributed by atoms with Crippen LogP contribution in [0, 0.1) is 6.92 Å². The Morgan fingerprint density at radius 2 is 1.56 bits per heavy atom. The van der Waals surface area contributed by atoms with E-state index in [2.05, 4.69) is 29.3 Å². The smallest absolute Gasteiger partial charge is 0.253 e. The normalized spacial score (nSPS) is 17.9. The van der Waals surface area contributed by atoms with E-state index in [1.165, 1.54) is 0 Å². The summed E-state index contributed by atoms with van der Waals surface area (Å²) in [6.07, 6.45) is 9.02. The highest BCUT2D eigenvalue weighted by molar-refractivity contribution is 5.69. The average Bonchev–Trinajstić information content (AvgIpc) is 2.91. The fourth-order valence-corrected chi connectivity index (χ4v) is 5.49. The van der Waals surface area contributed by atoms with Gasteiger partial charge in [-0.25, -0.2) is 0 Å². The van der Waals surface area contributed by atoms with Crippen LogP contribution in [0.2, 0.25) is 0 Å². The van der Waals surface area contributed by atoms with Gasteiger partial charge in [0.2, 0.25) is 0 Å². The van der Waals surface area contributed by atoms with E-state index in [4.69, 9.17) is 14.2 Å². The molecular formula is C29H43N3O4. The molecule has 0 unspecified atom stereocenters. The molecule has 3 heterocycles. The van der Waals surface area contributed by atoms with E-state index in [1.54, 1.807) is 18.8 Å². The van der Waals surface area contributed by atoms with Crippen molar-refractivity contribution >= 4 is 0 Å². The fraction of sp³-hybridized carbons (Fsp3) is 0.621. The second-order valence-corrected chi connectivity index (χ2v) is 10.1. The molecule has 2 saturated heterocycles.